The van der Waals surface area contributed by atoms with Crippen molar-refractivity contribution in [1.82, 2.24) is 10.3 Å². The summed E-state index contributed by atoms with van der Waals surface area (Å²) in [4.78, 5) is 16.0. The lowest BCUT2D eigenvalue weighted by atomic mass is 10.3. The van der Waals surface area contributed by atoms with Gasteiger partial charge in [0.2, 0.25) is 0 Å². The molecule has 2 rings (SSSR count). The summed E-state index contributed by atoms with van der Waals surface area (Å²) in [5.41, 5.74) is 5.46. The number of nitrogen functional groups attached to an aromatic ring is 1. The Hall–Kier alpha value is -2.28. The fraction of sp³-hybridized carbons (Fsp3) is 0.231. The monoisotopic (exact) mass is 293 g/mol. The molecule has 0 atom stereocenters. The van der Waals surface area contributed by atoms with E-state index in [0.29, 0.717) is 23.2 Å². The number of amides is 1. The fourth-order valence-corrected chi connectivity index (χ4v) is 2.09. The van der Waals surface area contributed by atoms with Crippen molar-refractivity contribution in [3.05, 3.63) is 35.3 Å². The maximum absolute atomic E-state index is 11.7. The van der Waals surface area contributed by atoms with Gasteiger partial charge in [-0.25, -0.2) is 4.98 Å². The topological polar surface area (TPSA) is 86.5 Å². The van der Waals surface area contributed by atoms with Gasteiger partial charge in [-0.3, -0.25) is 4.79 Å². The van der Waals surface area contributed by atoms with Gasteiger partial charge < -0.3 is 20.5 Å². The molecule has 1 aromatic carbocycles. The lowest BCUT2D eigenvalue weighted by Crippen LogP contribution is -2.27. The molecule has 0 saturated heterocycles. The molecular formula is C13H15N3O3S. The molecule has 7 heteroatoms. The van der Waals surface area contributed by atoms with E-state index in [4.69, 9.17) is 15.2 Å². The van der Waals surface area contributed by atoms with Crippen LogP contribution in [0.25, 0.3) is 0 Å². The number of carbonyl (C=O) groups excluding carboxylic acids is 1. The van der Waals surface area contributed by atoms with Gasteiger partial charge >= 0.3 is 0 Å². The summed E-state index contributed by atoms with van der Waals surface area (Å²) >= 11 is 1.15. The molecule has 1 heterocycles. The second kappa shape index (κ2) is 6.76. The van der Waals surface area contributed by atoms with E-state index in [0.717, 1.165) is 22.8 Å². The Bertz CT molecular complexity index is 568. The van der Waals surface area contributed by atoms with Crippen molar-refractivity contribution < 1.29 is 14.3 Å². The number of nitrogens with one attached hydrogen (secondary N) is 1. The van der Waals surface area contributed by atoms with Gasteiger partial charge in [0.25, 0.3) is 5.91 Å². The molecule has 6 nitrogen and oxygen atoms in total. The van der Waals surface area contributed by atoms with Crippen LogP contribution in [-0.4, -0.2) is 31.2 Å². The van der Waals surface area contributed by atoms with Crippen molar-refractivity contribution in [3.63, 3.8) is 0 Å². The second-order valence-electron chi connectivity index (χ2n) is 3.84. The lowest BCUT2D eigenvalue weighted by molar-refractivity contribution is 0.0951. The number of ether oxygens (including phenoxy) is 2. The van der Waals surface area contributed by atoms with Crippen LogP contribution < -0.4 is 20.5 Å². The van der Waals surface area contributed by atoms with Gasteiger partial charge in [-0.2, -0.15) is 0 Å². The average molecular weight is 293 g/mol. The van der Waals surface area contributed by atoms with Crippen molar-refractivity contribution in [2.45, 2.75) is 0 Å². The first-order valence-electron chi connectivity index (χ1n) is 5.95. The highest BCUT2D eigenvalue weighted by Crippen LogP contribution is 2.17. The van der Waals surface area contributed by atoms with E-state index in [1.807, 2.05) is 24.3 Å². The molecule has 2 aromatic rings. The summed E-state index contributed by atoms with van der Waals surface area (Å²) in [7, 11) is 1.61. The van der Waals surface area contributed by atoms with Gasteiger partial charge in [0.15, 0.2) is 5.13 Å². The Kier molecular flexibility index (Phi) is 4.78. The fourth-order valence-electron chi connectivity index (χ4n) is 1.49. The summed E-state index contributed by atoms with van der Waals surface area (Å²) in [6, 6.07) is 7.25. The SMILES string of the molecule is COc1ccc(OCCNC(=O)c2cnc(N)s2)cc1. The number of benzene rings is 1. The minimum Gasteiger partial charge on any atom is -0.497 e. The van der Waals surface area contributed by atoms with Crippen LogP contribution in [0.2, 0.25) is 0 Å². The molecule has 0 spiro atoms. The number of aromatic nitrogens is 1. The third kappa shape index (κ3) is 3.86. The van der Waals surface area contributed by atoms with Gasteiger partial charge in [-0.15, -0.1) is 0 Å². The van der Waals surface area contributed by atoms with E-state index < -0.39 is 0 Å². The molecule has 0 saturated carbocycles. The number of nitrogens with two attached hydrogens (primary N) is 1. The van der Waals surface area contributed by atoms with Gasteiger partial charge in [0.05, 0.1) is 19.9 Å². The molecule has 106 valence electrons. The first kappa shape index (κ1) is 14.1. The average Bonchev–Trinajstić information content (AvgIpc) is 2.91. The van der Waals surface area contributed by atoms with E-state index in [-0.39, 0.29) is 5.91 Å². The molecule has 0 aliphatic heterocycles. The standard InChI is InChI=1S/C13H15N3O3S/c1-18-9-2-4-10(5-3-9)19-7-6-15-12(17)11-8-16-13(14)20-11/h2-5,8H,6-7H2,1H3,(H2,14,16)(H,15,17). The number of hydrogen-bond acceptors (Lipinski definition) is 6. The van der Waals surface area contributed by atoms with Crippen LogP contribution >= 0.6 is 11.3 Å². The highest BCUT2D eigenvalue weighted by atomic mass is 32.1. The number of rotatable bonds is 6. The molecule has 0 bridgehead atoms. The summed E-state index contributed by atoms with van der Waals surface area (Å²) in [6.07, 6.45) is 1.46. The number of carbonyl (C=O) groups is 1. The molecule has 1 amide bonds. The normalized spacial score (nSPS) is 10.1. The summed E-state index contributed by atoms with van der Waals surface area (Å²) in [5, 5.41) is 3.11. The van der Waals surface area contributed by atoms with Crippen LogP contribution in [0.1, 0.15) is 9.67 Å². The maximum Gasteiger partial charge on any atom is 0.263 e. The van der Waals surface area contributed by atoms with E-state index >= 15 is 0 Å². The number of nitrogens with zero attached hydrogens (tertiary/aromatic N) is 1. The van der Waals surface area contributed by atoms with E-state index in [1.165, 1.54) is 6.20 Å². The van der Waals surface area contributed by atoms with Gasteiger partial charge in [0.1, 0.15) is 23.0 Å². The summed E-state index contributed by atoms with van der Waals surface area (Å²) in [6.45, 7) is 0.787. The van der Waals surface area contributed by atoms with Crippen molar-refractivity contribution in [1.29, 1.82) is 0 Å². The van der Waals surface area contributed by atoms with Crippen LogP contribution in [0.15, 0.2) is 30.5 Å². The molecule has 1 aromatic heterocycles. The molecule has 0 unspecified atom stereocenters. The molecule has 3 N–H and O–H groups in total. The summed E-state index contributed by atoms with van der Waals surface area (Å²) in [5.74, 6) is 1.30. The van der Waals surface area contributed by atoms with Crippen molar-refractivity contribution in [2.24, 2.45) is 0 Å². The Morgan fingerprint density at radius 1 is 1.35 bits per heavy atom. The van der Waals surface area contributed by atoms with Crippen LogP contribution in [0.4, 0.5) is 5.13 Å². The molecular weight excluding hydrogens is 278 g/mol. The molecule has 0 aliphatic carbocycles. The molecule has 0 fully saturated rings. The van der Waals surface area contributed by atoms with Gasteiger partial charge in [-0.05, 0) is 24.3 Å². The van der Waals surface area contributed by atoms with Crippen LogP contribution in [0.5, 0.6) is 11.5 Å². The number of anilines is 1. The second-order valence-corrected chi connectivity index (χ2v) is 4.90. The molecule has 0 aliphatic rings. The largest absolute Gasteiger partial charge is 0.497 e. The Balaban J connectivity index is 1.72. The predicted octanol–water partition coefficient (Wildman–Crippen LogP) is 1.54. The zero-order valence-corrected chi connectivity index (χ0v) is 11.8. The maximum atomic E-state index is 11.7. The lowest BCUT2D eigenvalue weighted by Gasteiger charge is -2.07. The molecule has 0 radical (unpaired) electrons. The van der Waals surface area contributed by atoms with Crippen LogP contribution in [-0.2, 0) is 0 Å². The van der Waals surface area contributed by atoms with E-state index in [9.17, 15) is 4.79 Å². The van der Waals surface area contributed by atoms with E-state index in [1.54, 1.807) is 7.11 Å². The zero-order valence-electron chi connectivity index (χ0n) is 11.0. The Morgan fingerprint density at radius 2 is 2.05 bits per heavy atom. The first-order chi connectivity index (χ1) is 9.69. The predicted molar refractivity (Wildman–Crippen MR) is 77.3 cm³/mol. The third-order valence-electron chi connectivity index (χ3n) is 2.46. The minimum atomic E-state index is -0.197. The smallest absolute Gasteiger partial charge is 0.263 e. The minimum absolute atomic E-state index is 0.197. The number of methoxy groups -OCH3 is 1. The zero-order chi connectivity index (χ0) is 14.4. The highest BCUT2D eigenvalue weighted by molar-refractivity contribution is 7.17. The third-order valence-corrected chi connectivity index (χ3v) is 3.29. The Labute approximate surface area is 120 Å². The van der Waals surface area contributed by atoms with E-state index in [2.05, 4.69) is 10.3 Å². The highest BCUT2D eigenvalue weighted by Gasteiger charge is 2.08. The number of hydrogen-bond donors (Lipinski definition) is 2. The summed E-state index contributed by atoms with van der Waals surface area (Å²) < 4.78 is 10.5. The van der Waals surface area contributed by atoms with Gasteiger partial charge in [-0.1, -0.05) is 11.3 Å². The van der Waals surface area contributed by atoms with Crippen LogP contribution in [0.3, 0.4) is 0 Å². The quantitative estimate of drug-likeness (QED) is 0.789. The number of thiazole rings is 1. The van der Waals surface area contributed by atoms with Crippen LogP contribution in [0, 0.1) is 0 Å². The Morgan fingerprint density at radius 3 is 2.65 bits per heavy atom. The van der Waals surface area contributed by atoms with Crippen molar-refractivity contribution in [2.75, 3.05) is 26.0 Å². The van der Waals surface area contributed by atoms with Crippen molar-refractivity contribution in [3.8, 4) is 11.5 Å². The first-order valence-corrected chi connectivity index (χ1v) is 6.77. The van der Waals surface area contributed by atoms with Crippen molar-refractivity contribution >= 4 is 22.4 Å². The molecule has 20 heavy (non-hydrogen) atoms. The van der Waals surface area contributed by atoms with Gasteiger partial charge in [0, 0.05) is 0 Å².